The highest BCUT2D eigenvalue weighted by Crippen LogP contribution is 2.35. The molecule has 41 heavy (non-hydrogen) atoms. The monoisotopic (exact) mass is 574 g/mol. The van der Waals surface area contributed by atoms with Crippen LogP contribution in [0.3, 0.4) is 0 Å². The first-order valence-corrected chi connectivity index (χ1v) is 13.6. The Kier molecular flexibility index (Phi) is 8.41. The first kappa shape index (κ1) is 28.4. The number of aromatic nitrogens is 2. The summed E-state index contributed by atoms with van der Waals surface area (Å²) in [5.41, 5.74) is -0.986. The highest BCUT2D eigenvalue weighted by atomic mass is 19.4. The van der Waals surface area contributed by atoms with Crippen molar-refractivity contribution < 1.29 is 31.6 Å². The standard InChI is InChI=1S/C28H30F4N6O3/c29-20-6-2-3-7-21(20)35-23(39)16-18-10-14-37(15-11-18)22-9-8-19(17-33-22)34-26(40)24-25(28(30,31)32)36-27(41-24)38-12-4-1-5-13-38/h2-3,6-9,17-18H,1,4-5,10-16H2,(H,34,40)(H,35,39). The van der Waals surface area contributed by atoms with E-state index in [0.29, 0.717) is 32.0 Å². The Bertz CT molecular complexity index is 1360. The molecule has 0 atom stereocenters. The summed E-state index contributed by atoms with van der Waals surface area (Å²) in [6.07, 6.45) is 0.865. The fourth-order valence-electron chi connectivity index (χ4n) is 5.10. The number of pyridine rings is 1. The van der Waals surface area contributed by atoms with Crippen LogP contribution in [0, 0.1) is 11.7 Å². The van der Waals surface area contributed by atoms with E-state index >= 15 is 0 Å². The molecule has 0 bridgehead atoms. The molecule has 2 saturated heterocycles. The maximum Gasteiger partial charge on any atom is 0.437 e. The van der Waals surface area contributed by atoms with E-state index < -0.39 is 29.4 Å². The van der Waals surface area contributed by atoms with Gasteiger partial charge in [-0.05, 0) is 62.3 Å². The average Bonchev–Trinajstić information content (AvgIpc) is 3.43. The van der Waals surface area contributed by atoms with Gasteiger partial charge < -0.3 is 24.9 Å². The Hall–Kier alpha value is -4.16. The van der Waals surface area contributed by atoms with Crippen molar-refractivity contribution in [2.24, 2.45) is 5.92 Å². The SMILES string of the molecule is O=C(CC1CCN(c2ccc(NC(=O)c3oc(N4CCCCC4)nc3C(F)(F)F)cn2)CC1)Nc1ccccc1F. The topological polar surface area (TPSA) is 104 Å². The van der Waals surface area contributed by atoms with Crippen LogP contribution in [0.25, 0.3) is 0 Å². The molecule has 2 aromatic heterocycles. The molecule has 3 aromatic rings. The number of oxazole rings is 1. The van der Waals surface area contributed by atoms with Gasteiger partial charge in [0.25, 0.3) is 11.9 Å². The first-order chi connectivity index (χ1) is 19.7. The lowest BCUT2D eigenvalue weighted by molar-refractivity contribution is -0.141. The maximum atomic E-state index is 13.8. The number of carbonyl (C=O) groups is 2. The van der Waals surface area contributed by atoms with Crippen molar-refractivity contribution in [2.45, 2.75) is 44.7 Å². The lowest BCUT2D eigenvalue weighted by Crippen LogP contribution is -2.35. The van der Waals surface area contributed by atoms with E-state index in [9.17, 15) is 27.2 Å². The number of piperidine rings is 2. The zero-order chi connectivity index (χ0) is 29.0. The Morgan fingerprint density at radius 1 is 0.951 bits per heavy atom. The van der Waals surface area contributed by atoms with Gasteiger partial charge in [-0.25, -0.2) is 9.37 Å². The van der Waals surface area contributed by atoms with Gasteiger partial charge in [-0.1, -0.05) is 12.1 Å². The number of amides is 2. The number of alkyl halides is 3. The minimum Gasteiger partial charge on any atom is -0.417 e. The Morgan fingerprint density at radius 2 is 1.68 bits per heavy atom. The van der Waals surface area contributed by atoms with E-state index in [2.05, 4.69) is 20.6 Å². The Morgan fingerprint density at radius 3 is 2.34 bits per heavy atom. The summed E-state index contributed by atoms with van der Waals surface area (Å²) in [7, 11) is 0. The second kappa shape index (κ2) is 12.1. The molecule has 0 aliphatic carbocycles. The van der Waals surface area contributed by atoms with Crippen molar-refractivity contribution in [1.82, 2.24) is 9.97 Å². The molecule has 0 unspecified atom stereocenters. The molecule has 218 valence electrons. The zero-order valence-corrected chi connectivity index (χ0v) is 22.2. The van der Waals surface area contributed by atoms with Gasteiger partial charge in [0, 0.05) is 32.6 Å². The number of anilines is 4. The number of para-hydroxylation sites is 1. The van der Waals surface area contributed by atoms with Gasteiger partial charge in [-0.15, -0.1) is 0 Å². The molecule has 0 radical (unpaired) electrons. The summed E-state index contributed by atoms with van der Waals surface area (Å²) >= 11 is 0. The van der Waals surface area contributed by atoms with Crippen LogP contribution in [-0.2, 0) is 11.0 Å². The predicted octanol–water partition coefficient (Wildman–Crippen LogP) is 5.72. The van der Waals surface area contributed by atoms with Crippen LogP contribution in [0.2, 0.25) is 0 Å². The fraction of sp³-hybridized carbons (Fsp3) is 0.429. The highest BCUT2D eigenvalue weighted by molar-refractivity contribution is 6.03. The summed E-state index contributed by atoms with van der Waals surface area (Å²) in [6, 6.07) is 9.04. The molecule has 5 rings (SSSR count). The number of rotatable bonds is 7. The number of benzene rings is 1. The van der Waals surface area contributed by atoms with Crippen molar-refractivity contribution in [3.05, 3.63) is 59.9 Å². The van der Waals surface area contributed by atoms with Crippen LogP contribution in [0.15, 0.2) is 47.0 Å². The number of halogens is 4. The number of carbonyl (C=O) groups excluding carboxylic acids is 2. The zero-order valence-electron chi connectivity index (χ0n) is 22.2. The average molecular weight is 575 g/mol. The summed E-state index contributed by atoms with van der Waals surface area (Å²) in [5, 5.41) is 5.04. The fourth-order valence-corrected chi connectivity index (χ4v) is 5.10. The van der Waals surface area contributed by atoms with Crippen LogP contribution in [0.1, 0.15) is 54.8 Å². The molecule has 0 saturated carbocycles. The van der Waals surface area contributed by atoms with Gasteiger partial charge in [0.15, 0.2) is 5.69 Å². The minimum absolute atomic E-state index is 0.135. The molecule has 9 nitrogen and oxygen atoms in total. The number of nitrogens with one attached hydrogen (secondary N) is 2. The summed E-state index contributed by atoms with van der Waals surface area (Å²) in [6.45, 7) is 2.32. The first-order valence-electron chi connectivity index (χ1n) is 13.6. The van der Waals surface area contributed by atoms with Gasteiger partial charge in [-0.3, -0.25) is 9.59 Å². The maximum absolute atomic E-state index is 13.8. The number of hydrogen-bond acceptors (Lipinski definition) is 7. The van der Waals surface area contributed by atoms with Crippen LogP contribution in [-0.4, -0.2) is 48.0 Å². The van der Waals surface area contributed by atoms with E-state index in [0.717, 1.165) is 32.1 Å². The highest BCUT2D eigenvalue weighted by Gasteiger charge is 2.42. The van der Waals surface area contributed by atoms with Crippen molar-refractivity contribution in [3.63, 3.8) is 0 Å². The minimum atomic E-state index is -4.85. The van der Waals surface area contributed by atoms with E-state index in [-0.39, 0.29) is 35.6 Å². The van der Waals surface area contributed by atoms with E-state index in [1.54, 1.807) is 29.2 Å². The molecule has 2 aliphatic heterocycles. The molecule has 1 aromatic carbocycles. The van der Waals surface area contributed by atoms with Crippen molar-refractivity contribution >= 4 is 35.0 Å². The van der Waals surface area contributed by atoms with E-state index in [1.165, 1.54) is 18.3 Å². The summed E-state index contributed by atoms with van der Waals surface area (Å²) in [5.74, 6) is -1.89. The lowest BCUT2D eigenvalue weighted by Gasteiger charge is -2.32. The summed E-state index contributed by atoms with van der Waals surface area (Å²) < 4.78 is 60.0. The molecule has 2 aliphatic rings. The van der Waals surface area contributed by atoms with Crippen molar-refractivity contribution in [1.29, 1.82) is 0 Å². The Labute approximate surface area is 233 Å². The molecule has 13 heteroatoms. The van der Waals surface area contributed by atoms with Gasteiger partial charge in [0.1, 0.15) is 11.6 Å². The van der Waals surface area contributed by atoms with Gasteiger partial charge >= 0.3 is 6.18 Å². The van der Waals surface area contributed by atoms with Crippen LogP contribution in [0.5, 0.6) is 0 Å². The van der Waals surface area contributed by atoms with E-state index in [4.69, 9.17) is 4.42 Å². The number of hydrogen-bond donors (Lipinski definition) is 2. The second-order valence-electron chi connectivity index (χ2n) is 10.2. The second-order valence-corrected chi connectivity index (χ2v) is 10.2. The normalized spacial score (nSPS) is 16.5. The quantitative estimate of drug-likeness (QED) is 0.348. The molecule has 2 fully saturated rings. The van der Waals surface area contributed by atoms with Crippen molar-refractivity contribution in [2.75, 3.05) is 46.6 Å². The Balaban J connectivity index is 1.16. The molecular weight excluding hydrogens is 544 g/mol. The van der Waals surface area contributed by atoms with E-state index in [1.807, 2.05) is 4.90 Å². The van der Waals surface area contributed by atoms with Gasteiger partial charge in [0.05, 0.1) is 17.6 Å². The van der Waals surface area contributed by atoms with Crippen LogP contribution < -0.4 is 20.4 Å². The smallest absolute Gasteiger partial charge is 0.417 e. The van der Waals surface area contributed by atoms with Gasteiger partial charge in [-0.2, -0.15) is 18.2 Å². The van der Waals surface area contributed by atoms with Crippen LogP contribution >= 0.6 is 0 Å². The summed E-state index contributed by atoms with van der Waals surface area (Å²) in [4.78, 5) is 36.7. The molecule has 2 amide bonds. The molecule has 2 N–H and O–H groups in total. The lowest BCUT2D eigenvalue weighted by atomic mass is 9.93. The predicted molar refractivity (Wildman–Crippen MR) is 144 cm³/mol. The third-order valence-corrected chi connectivity index (χ3v) is 7.28. The molecular formula is C28H30F4N6O3. The largest absolute Gasteiger partial charge is 0.437 e. The van der Waals surface area contributed by atoms with Gasteiger partial charge in [0.2, 0.25) is 11.7 Å². The third-order valence-electron chi connectivity index (χ3n) is 7.28. The van der Waals surface area contributed by atoms with Crippen LogP contribution in [0.4, 0.5) is 40.8 Å². The molecule has 0 spiro atoms. The number of nitrogens with zero attached hydrogens (tertiary/aromatic N) is 4. The van der Waals surface area contributed by atoms with Crippen molar-refractivity contribution in [3.8, 4) is 0 Å². The molecule has 4 heterocycles. The third kappa shape index (κ3) is 6.95.